The first-order chi connectivity index (χ1) is 8.13. The fourth-order valence-electron chi connectivity index (χ4n) is 1.52. The molecule has 1 atom stereocenters. The Morgan fingerprint density at radius 1 is 1.24 bits per heavy atom. The zero-order valence-electron chi connectivity index (χ0n) is 8.98. The summed E-state index contributed by atoms with van der Waals surface area (Å²) in [6.45, 7) is 0. The Balaban J connectivity index is 2.38. The van der Waals surface area contributed by atoms with E-state index in [1.807, 2.05) is 12.1 Å². The molecule has 0 aliphatic rings. The van der Waals surface area contributed by atoms with Crippen molar-refractivity contribution in [3.05, 3.63) is 50.8 Å². The normalized spacial score (nSPS) is 12.5. The largest absolute Gasteiger partial charge is 0.497 e. The van der Waals surface area contributed by atoms with Crippen LogP contribution in [-0.4, -0.2) is 12.2 Å². The molecule has 0 radical (unpaired) electrons. The summed E-state index contributed by atoms with van der Waals surface area (Å²) in [6, 6.07) is 7.16. The molecule has 0 aliphatic carbocycles. The quantitative estimate of drug-likeness (QED) is 0.901. The number of aliphatic hydroxyl groups is 1. The number of rotatable bonds is 3. The minimum absolute atomic E-state index is 0.535. The molecule has 0 bridgehead atoms. The van der Waals surface area contributed by atoms with Crippen molar-refractivity contribution in [2.45, 2.75) is 6.10 Å². The molecule has 0 aliphatic heterocycles. The van der Waals surface area contributed by atoms with Crippen LogP contribution in [0.3, 0.4) is 0 Å². The Kier molecular flexibility index (Phi) is 3.91. The van der Waals surface area contributed by atoms with Gasteiger partial charge in [0.1, 0.15) is 11.9 Å². The SMILES string of the molecule is COc1ccc(C(O)c2ccoc2Br)c(Br)c1. The number of aliphatic hydroxyl groups excluding tert-OH is 1. The van der Waals surface area contributed by atoms with Crippen molar-refractivity contribution in [1.82, 2.24) is 0 Å². The Hall–Kier alpha value is -0.780. The Bertz CT molecular complexity index is 522. The van der Waals surface area contributed by atoms with Gasteiger partial charge in [-0.15, -0.1) is 0 Å². The van der Waals surface area contributed by atoms with E-state index in [2.05, 4.69) is 31.9 Å². The lowest BCUT2D eigenvalue weighted by atomic mass is 10.0. The lowest BCUT2D eigenvalue weighted by molar-refractivity contribution is 0.217. The molecule has 1 aromatic heterocycles. The van der Waals surface area contributed by atoms with Crippen LogP contribution in [0.4, 0.5) is 0 Å². The van der Waals surface area contributed by atoms with Crippen LogP contribution in [0.2, 0.25) is 0 Å². The third kappa shape index (κ3) is 2.56. The van der Waals surface area contributed by atoms with Crippen LogP contribution in [0.1, 0.15) is 17.2 Å². The van der Waals surface area contributed by atoms with Crippen molar-refractivity contribution in [1.29, 1.82) is 0 Å². The molecule has 3 nitrogen and oxygen atoms in total. The van der Waals surface area contributed by atoms with E-state index in [4.69, 9.17) is 9.15 Å². The second-order valence-corrected chi connectivity index (χ2v) is 5.01. The van der Waals surface area contributed by atoms with Crippen LogP contribution >= 0.6 is 31.9 Å². The van der Waals surface area contributed by atoms with E-state index in [0.717, 1.165) is 15.8 Å². The van der Waals surface area contributed by atoms with Gasteiger partial charge in [-0.25, -0.2) is 0 Å². The fourth-order valence-corrected chi connectivity index (χ4v) is 2.55. The Morgan fingerprint density at radius 3 is 2.53 bits per heavy atom. The van der Waals surface area contributed by atoms with Crippen molar-refractivity contribution in [2.24, 2.45) is 0 Å². The van der Waals surface area contributed by atoms with Crippen LogP contribution in [0.15, 0.2) is 44.1 Å². The van der Waals surface area contributed by atoms with E-state index in [1.54, 1.807) is 19.2 Å². The second kappa shape index (κ2) is 5.25. The molecule has 1 N–H and O–H groups in total. The van der Waals surface area contributed by atoms with E-state index in [0.29, 0.717) is 10.2 Å². The van der Waals surface area contributed by atoms with Crippen LogP contribution in [0.25, 0.3) is 0 Å². The van der Waals surface area contributed by atoms with Crippen LogP contribution in [0.5, 0.6) is 5.75 Å². The van der Waals surface area contributed by atoms with E-state index in [-0.39, 0.29) is 0 Å². The summed E-state index contributed by atoms with van der Waals surface area (Å²) in [5.41, 5.74) is 1.45. The lowest BCUT2D eigenvalue weighted by Crippen LogP contribution is -2.00. The summed E-state index contributed by atoms with van der Waals surface area (Å²) < 4.78 is 11.5. The zero-order valence-corrected chi connectivity index (χ0v) is 12.2. The standard InChI is InChI=1S/C12H10Br2O3/c1-16-7-2-3-8(10(13)6-7)11(15)9-4-5-17-12(9)14/h2-6,11,15H,1H3. The first-order valence-corrected chi connectivity index (χ1v) is 6.46. The van der Waals surface area contributed by atoms with E-state index >= 15 is 0 Å². The van der Waals surface area contributed by atoms with Gasteiger partial charge in [-0.2, -0.15) is 0 Å². The maximum Gasteiger partial charge on any atom is 0.175 e. The topological polar surface area (TPSA) is 42.6 Å². The second-order valence-electron chi connectivity index (χ2n) is 3.44. The predicted molar refractivity (Wildman–Crippen MR) is 71.2 cm³/mol. The molecule has 5 heteroatoms. The highest BCUT2D eigenvalue weighted by molar-refractivity contribution is 9.10. The number of hydrogen-bond donors (Lipinski definition) is 1. The molecule has 2 aromatic rings. The molecule has 17 heavy (non-hydrogen) atoms. The summed E-state index contributed by atoms with van der Waals surface area (Å²) in [7, 11) is 1.60. The van der Waals surface area contributed by atoms with E-state index in [9.17, 15) is 5.11 Å². The summed E-state index contributed by atoms with van der Waals surface area (Å²) in [5, 5.41) is 10.2. The Labute approximate surface area is 116 Å². The number of ether oxygens (including phenoxy) is 1. The number of methoxy groups -OCH3 is 1. The van der Waals surface area contributed by atoms with Crippen LogP contribution in [0, 0.1) is 0 Å². The van der Waals surface area contributed by atoms with Gasteiger partial charge in [-0.05, 0) is 39.7 Å². The van der Waals surface area contributed by atoms with Gasteiger partial charge in [0.2, 0.25) is 0 Å². The molecular formula is C12H10Br2O3. The summed E-state index contributed by atoms with van der Waals surface area (Å²) >= 11 is 6.66. The fraction of sp³-hybridized carbons (Fsp3) is 0.167. The molecule has 0 spiro atoms. The van der Waals surface area contributed by atoms with Crippen molar-refractivity contribution in [2.75, 3.05) is 7.11 Å². The van der Waals surface area contributed by atoms with Gasteiger partial charge >= 0.3 is 0 Å². The van der Waals surface area contributed by atoms with Gasteiger partial charge in [0.05, 0.1) is 13.4 Å². The highest BCUT2D eigenvalue weighted by atomic mass is 79.9. The first-order valence-electron chi connectivity index (χ1n) is 4.88. The smallest absolute Gasteiger partial charge is 0.175 e. The van der Waals surface area contributed by atoms with Crippen molar-refractivity contribution < 1.29 is 14.3 Å². The lowest BCUT2D eigenvalue weighted by Gasteiger charge is -2.12. The third-order valence-corrected chi connectivity index (χ3v) is 3.77. The van der Waals surface area contributed by atoms with Crippen molar-refractivity contribution >= 4 is 31.9 Å². The van der Waals surface area contributed by atoms with Gasteiger partial charge in [0.25, 0.3) is 0 Å². The third-order valence-electron chi connectivity index (χ3n) is 2.44. The highest BCUT2D eigenvalue weighted by Crippen LogP contribution is 2.34. The monoisotopic (exact) mass is 360 g/mol. The first kappa shape index (κ1) is 12.7. The molecule has 1 aromatic carbocycles. The van der Waals surface area contributed by atoms with Crippen molar-refractivity contribution in [3.8, 4) is 5.75 Å². The number of halogens is 2. The van der Waals surface area contributed by atoms with Crippen LogP contribution in [-0.2, 0) is 0 Å². The Morgan fingerprint density at radius 2 is 2.00 bits per heavy atom. The molecule has 90 valence electrons. The maximum atomic E-state index is 10.2. The van der Waals surface area contributed by atoms with Gasteiger partial charge in [0.15, 0.2) is 4.67 Å². The zero-order chi connectivity index (χ0) is 12.4. The minimum Gasteiger partial charge on any atom is -0.497 e. The van der Waals surface area contributed by atoms with Gasteiger partial charge < -0.3 is 14.3 Å². The molecule has 2 rings (SSSR count). The molecule has 1 unspecified atom stereocenters. The van der Waals surface area contributed by atoms with Crippen LogP contribution < -0.4 is 4.74 Å². The van der Waals surface area contributed by atoms with Gasteiger partial charge in [-0.3, -0.25) is 0 Å². The number of hydrogen-bond acceptors (Lipinski definition) is 3. The molecule has 0 amide bonds. The minimum atomic E-state index is -0.747. The average Bonchev–Trinajstić information content (AvgIpc) is 2.74. The average molecular weight is 362 g/mol. The number of benzene rings is 1. The van der Waals surface area contributed by atoms with Crippen molar-refractivity contribution in [3.63, 3.8) is 0 Å². The van der Waals surface area contributed by atoms with Gasteiger partial charge in [0, 0.05) is 10.0 Å². The number of furan rings is 1. The van der Waals surface area contributed by atoms with E-state index < -0.39 is 6.10 Å². The summed E-state index contributed by atoms with van der Waals surface area (Å²) in [6.07, 6.45) is 0.781. The molecule has 1 heterocycles. The van der Waals surface area contributed by atoms with E-state index in [1.165, 1.54) is 6.26 Å². The highest BCUT2D eigenvalue weighted by Gasteiger charge is 2.18. The predicted octanol–water partition coefficient (Wildman–Crippen LogP) is 3.89. The summed E-state index contributed by atoms with van der Waals surface area (Å²) in [4.78, 5) is 0. The molecular weight excluding hydrogens is 352 g/mol. The van der Waals surface area contributed by atoms with Gasteiger partial charge in [-0.1, -0.05) is 22.0 Å². The molecule has 0 fully saturated rings. The maximum absolute atomic E-state index is 10.2. The molecule has 0 saturated heterocycles. The molecule has 0 saturated carbocycles. The summed E-state index contributed by atoms with van der Waals surface area (Å²) in [5.74, 6) is 0.735.